The number of carbonyl (C=O) groups is 1. The minimum Gasteiger partial charge on any atom is -0.357 e. The molecule has 1 fully saturated rings. The Kier molecular flexibility index (Phi) is 7.57. The molecule has 1 unspecified atom stereocenters. The topological polar surface area (TPSA) is 68.8 Å². The third-order valence-corrected chi connectivity index (χ3v) is 4.33. The summed E-state index contributed by atoms with van der Waals surface area (Å²) >= 11 is 0. The van der Waals surface area contributed by atoms with Crippen molar-refractivity contribution in [3.63, 3.8) is 0 Å². The number of guanidine groups is 1. The highest BCUT2D eigenvalue weighted by Crippen LogP contribution is 2.14. The normalized spacial score (nSPS) is 15.8. The number of carbonyl (C=O) groups excluding carboxylic acids is 1. The molecule has 0 bridgehead atoms. The van der Waals surface area contributed by atoms with Crippen LogP contribution in [0.15, 0.2) is 29.3 Å². The van der Waals surface area contributed by atoms with E-state index in [1.54, 1.807) is 0 Å². The Labute approximate surface area is 151 Å². The highest BCUT2D eigenvalue weighted by molar-refractivity contribution is 5.89. The Balaban J connectivity index is 1.96. The molecule has 25 heavy (non-hydrogen) atoms. The van der Waals surface area contributed by atoms with E-state index in [9.17, 15) is 4.79 Å². The number of rotatable bonds is 6. The van der Waals surface area contributed by atoms with Crippen LogP contribution in [-0.2, 0) is 6.54 Å². The Bertz CT molecular complexity index is 581. The minimum atomic E-state index is -0.00933. The van der Waals surface area contributed by atoms with Crippen LogP contribution >= 0.6 is 0 Å². The van der Waals surface area contributed by atoms with Crippen molar-refractivity contribution in [3.8, 4) is 0 Å². The number of likely N-dealkylation sites (tertiary alicyclic amines) is 1. The maximum Gasteiger partial charge on any atom is 0.321 e. The molecule has 0 saturated carbocycles. The number of aliphatic imine (C=N–C) groups is 1. The summed E-state index contributed by atoms with van der Waals surface area (Å²) in [6.45, 7) is 9.44. The zero-order chi connectivity index (χ0) is 18.1. The molecular weight excluding hydrogens is 314 g/mol. The van der Waals surface area contributed by atoms with E-state index >= 15 is 0 Å². The highest BCUT2D eigenvalue weighted by Gasteiger charge is 2.17. The lowest BCUT2D eigenvalue weighted by Crippen LogP contribution is -2.41. The molecule has 1 aromatic carbocycles. The van der Waals surface area contributed by atoms with E-state index in [4.69, 9.17) is 0 Å². The van der Waals surface area contributed by atoms with Gasteiger partial charge in [-0.3, -0.25) is 0 Å². The quantitative estimate of drug-likeness (QED) is 0.548. The fourth-order valence-corrected chi connectivity index (χ4v) is 2.70. The molecule has 6 heteroatoms. The summed E-state index contributed by atoms with van der Waals surface area (Å²) in [5.41, 5.74) is 1.89. The van der Waals surface area contributed by atoms with Crippen LogP contribution in [0.1, 0.15) is 45.6 Å². The van der Waals surface area contributed by atoms with E-state index in [1.807, 2.05) is 29.2 Å². The predicted molar refractivity (Wildman–Crippen MR) is 104 cm³/mol. The first-order valence-corrected chi connectivity index (χ1v) is 9.32. The van der Waals surface area contributed by atoms with Crippen molar-refractivity contribution in [1.29, 1.82) is 0 Å². The number of hydrogen-bond donors (Lipinski definition) is 3. The van der Waals surface area contributed by atoms with Gasteiger partial charge < -0.3 is 20.9 Å². The molecule has 1 aliphatic heterocycles. The van der Waals surface area contributed by atoms with Crippen molar-refractivity contribution in [2.75, 3.05) is 25.0 Å². The summed E-state index contributed by atoms with van der Waals surface area (Å²) in [6.07, 6.45) is 3.24. The van der Waals surface area contributed by atoms with E-state index in [-0.39, 0.29) is 6.03 Å². The first-order chi connectivity index (χ1) is 12.1. The standard InChI is InChI=1S/C19H31N5O/c1-4-15(3)22-18(20-5-2)21-14-16-9-8-10-17(13-16)23-19(25)24-11-6-7-12-24/h8-10,13,15H,4-7,11-12,14H2,1-3H3,(H,23,25)(H2,20,21,22). The van der Waals surface area contributed by atoms with Crippen LogP contribution in [-0.4, -0.2) is 42.6 Å². The molecule has 138 valence electrons. The van der Waals surface area contributed by atoms with Gasteiger partial charge >= 0.3 is 6.03 Å². The molecule has 6 nitrogen and oxygen atoms in total. The van der Waals surface area contributed by atoms with Crippen molar-refractivity contribution in [2.45, 2.75) is 52.6 Å². The van der Waals surface area contributed by atoms with Gasteiger partial charge in [-0.1, -0.05) is 19.1 Å². The molecule has 1 atom stereocenters. The molecule has 0 spiro atoms. The Morgan fingerprint density at radius 2 is 2.04 bits per heavy atom. The smallest absolute Gasteiger partial charge is 0.321 e. The first-order valence-electron chi connectivity index (χ1n) is 9.32. The Hall–Kier alpha value is -2.24. The van der Waals surface area contributed by atoms with Crippen molar-refractivity contribution in [2.24, 2.45) is 4.99 Å². The van der Waals surface area contributed by atoms with Gasteiger partial charge in [0.15, 0.2) is 5.96 Å². The molecule has 0 aromatic heterocycles. The molecular formula is C19H31N5O. The average Bonchev–Trinajstić information content (AvgIpc) is 3.15. The molecule has 1 aromatic rings. The van der Waals surface area contributed by atoms with E-state index in [0.717, 1.165) is 56.1 Å². The van der Waals surface area contributed by atoms with Gasteiger partial charge in [0, 0.05) is 31.4 Å². The van der Waals surface area contributed by atoms with Gasteiger partial charge in [-0.15, -0.1) is 0 Å². The second-order valence-corrected chi connectivity index (χ2v) is 6.47. The van der Waals surface area contributed by atoms with Crippen molar-refractivity contribution in [1.82, 2.24) is 15.5 Å². The van der Waals surface area contributed by atoms with E-state index in [0.29, 0.717) is 12.6 Å². The fraction of sp³-hybridized carbons (Fsp3) is 0.579. The number of nitrogens with zero attached hydrogens (tertiary/aromatic N) is 2. The molecule has 1 saturated heterocycles. The fourth-order valence-electron chi connectivity index (χ4n) is 2.70. The van der Waals surface area contributed by atoms with Crippen LogP contribution in [0.4, 0.5) is 10.5 Å². The van der Waals surface area contributed by atoms with Crippen LogP contribution in [0.25, 0.3) is 0 Å². The summed E-state index contributed by atoms with van der Waals surface area (Å²) in [4.78, 5) is 18.7. The maximum atomic E-state index is 12.2. The van der Waals surface area contributed by atoms with E-state index in [2.05, 4.69) is 41.7 Å². The molecule has 1 aliphatic rings. The third-order valence-electron chi connectivity index (χ3n) is 4.33. The Morgan fingerprint density at radius 3 is 2.72 bits per heavy atom. The van der Waals surface area contributed by atoms with Gasteiger partial charge in [0.2, 0.25) is 0 Å². The molecule has 0 radical (unpaired) electrons. The summed E-state index contributed by atoms with van der Waals surface area (Å²) < 4.78 is 0. The van der Waals surface area contributed by atoms with Crippen LogP contribution in [0, 0.1) is 0 Å². The second-order valence-electron chi connectivity index (χ2n) is 6.47. The van der Waals surface area contributed by atoms with Crippen molar-refractivity contribution in [3.05, 3.63) is 29.8 Å². The van der Waals surface area contributed by atoms with Crippen LogP contribution in [0.2, 0.25) is 0 Å². The number of amides is 2. The number of hydrogen-bond acceptors (Lipinski definition) is 2. The van der Waals surface area contributed by atoms with Crippen LogP contribution < -0.4 is 16.0 Å². The zero-order valence-electron chi connectivity index (χ0n) is 15.6. The lowest BCUT2D eigenvalue weighted by molar-refractivity contribution is 0.222. The number of nitrogens with one attached hydrogen (secondary N) is 3. The van der Waals surface area contributed by atoms with Gasteiger partial charge in [-0.2, -0.15) is 0 Å². The molecule has 2 rings (SSSR count). The highest BCUT2D eigenvalue weighted by atomic mass is 16.2. The van der Waals surface area contributed by atoms with Gasteiger partial charge in [0.1, 0.15) is 0 Å². The lowest BCUT2D eigenvalue weighted by atomic mass is 10.2. The van der Waals surface area contributed by atoms with Gasteiger partial charge in [0.05, 0.1) is 6.54 Å². The predicted octanol–water partition coefficient (Wildman–Crippen LogP) is 3.17. The SMILES string of the molecule is CCNC(=NCc1cccc(NC(=O)N2CCCC2)c1)NC(C)CC. The van der Waals surface area contributed by atoms with Gasteiger partial charge in [0.25, 0.3) is 0 Å². The summed E-state index contributed by atoms with van der Waals surface area (Å²) in [7, 11) is 0. The molecule has 0 aliphatic carbocycles. The monoisotopic (exact) mass is 345 g/mol. The molecule has 1 heterocycles. The second kappa shape index (κ2) is 9.91. The number of anilines is 1. The largest absolute Gasteiger partial charge is 0.357 e. The first kappa shape index (κ1) is 19.1. The molecule has 2 amide bonds. The van der Waals surface area contributed by atoms with E-state index in [1.165, 1.54) is 0 Å². The average molecular weight is 345 g/mol. The molecule has 3 N–H and O–H groups in total. The van der Waals surface area contributed by atoms with Gasteiger partial charge in [-0.25, -0.2) is 9.79 Å². The van der Waals surface area contributed by atoms with Gasteiger partial charge in [-0.05, 0) is 50.8 Å². The van der Waals surface area contributed by atoms with Crippen LogP contribution in [0.3, 0.4) is 0 Å². The summed E-state index contributed by atoms with van der Waals surface area (Å²) in [6, 6.07) is 8.27. The lowest BCUT2D eigenvalue weighted by Gasteiger charge is -2.17. The minimum absolute atomic E-state index is 0.00933. The third kappa shape index (κ3) is 6.29. The number of benzene rings is 1. The van der Waals surface area contributed by atoms with Crippen molar-refractivity contribution >= 4 is 17.7 Å². The number of urea groups is 1. The van der Waals surface area contributed by atoms with Crippen molar-refractivity contribution < 1.29 is 4.79 Å². The zero-order valence-corrected chi connectivity index (χ0v) is 15.6. The van der Waals surface area contributed by atoms with Crippen LogP contribution in [0.5, 0.6) is 0 Å². The van der Waals surface area contributed by atoms with E-state index < -0.39 is 0 Å². The maximum absolute atomic E-state index is 12.2. The summed E-state index contributed by atoms with van der Waals surface area (Å²) in [5.74, 6) is 0.823. The summed E-state index contributed by atoms with van der Waals surface area (Å²) in [5, 5.41) is 9.63. The Morgan fingerprint density at radius 1 is 1.28 bits per heavy atom.